The number of allylic oxidation sites excluding steroid dienone is 1. The number of amides is 1. The van der Waals surface area contributed by atoms with Gasteiger partial charge in [0.25, 0.3) is 5.91 Å². The van der Waals surface area contributed by atoms with Crippen molar-refractivity contribution in [2.75, 3.05) is 21.2 Å². The van der Waals surface area contributed by atoms with Crippen molar-refractivity contribution in [3.63, 3.8) is 0 Å². The standard InChI is InChI=1S/C28H35N3O8/c1-11(30-39-7)13-10-16(27(2,3)4)21(32)18-14(13)8-12-9-15-20(31(5)6)23(34)19(26(29)37)25(36)28(15,38)24(35)17(12)22(18)33/h10,12,15,20,32,34-35,38H,8-9H2,1-7H3,(H2,29,37)/b30-11-. The molecule has 4 rings (SSSR count). The Labute approximate surface area is 226 Å². The Hall–Kier alpha value is -3.70. The summed E-state index contributed by atoms with van der Waals surface area (Å²) < 4.78 is 0. The predicted molar refractivity (Wildman–Crippen MR) is 142 cm³/mol. The Kier molecular flexibility index (Phi) is 6.68. The molecule has 0 aromatic heterocycles. The van der Waals surface area contributed by atoms with Gasteiger partial charge in [-0.25, -0.2) is 0 Å². The minimum atomic E-state index is -2.68. The maximum Gasteiger partial charge on any atom is 0.255 e. The molecule has 4 unspecified atom stereocenters. The van der Waals surface area contributed by atoms with E-state index in [4.69, 9.17) is 10.6 Å². The zero-order chi connectivity index (χ0) is 29.4. The van der Waals surface area contributed by atoms with Gasteiger partial charge < -0.3 is 31.0 Å². The van der Waals surface area contributed by atoms with Crippen LogP contribution in [0.3, 0.4) is 0 Å². The number of aliphatic hydroxyl groups is 3. The van der Waals surface area contributed by atoms with Crippen LogP contribution < -0.4 is 5.73 Å². The molecule has 0 radical (unpaired) electrons. The Balaban J connectivity index is 2.03. The Morgan fingerprint density at radius 1 is 1.21 bits per heavy atom. The van der Waals surface area contributed by atoms with Crippen LogP contribution in [-0.2, 0) is 26.3 Å². The van der Waals surface area contributed by atoms with Gasteiger partial charge in [-0.2, -0.15) is 0 Å². The van der Waals surface area contributed by atoms with E-state index in [0.29, 0.717) is 22.4 Å². The number of carbonyl (C=O) groups excluding carboxylic acids is 3. The van der Waals surface area contributed by atoms with Crippen LogP contribution in [0.1, 0.15) is 61.2 Å². The van der Waals surface area contributed by atoms with Gasteiger partial charge in [0.05, 0.1) is 17.3 Å². The van der Waals surface area contributed by atoms with Crippen LogP contribution in [0.25, 0.3) is 0 Å². The topological polar surface area (TPSA) is 183 Å². The average Bonchev–Trinajstić information content (AvgIpc) is 2.80. The van der Waals surface area contributed by atoms with Crippen LogP contribution in [0.4, 0.5) is 0 Å². The van der Waals surface area contributed by atoms with E-state index in [0.717, 1.165) is 0 Å². The van der Waals surface area contributed by atoms with Crippen molar-refractivity contribution in [3.8, 4) is 5.75 Å². The molecule has 6 N–H and O–H groups in total. The number of aromatic hydroxyl groups is 1. The first-order valence-corrected chi connectivity index (χ1v) is 12.6. The number of fused-ring (bicyclic) bond motifs is 3. The highest BCUT2D eigenvalue weighted by Crippen LogP contribution is 2.53. The fourth-order valence-corrected chi connectivity index (χ4v) is 6.40. The number of primary amides is 1. The van der Waals surface area contributed by atoms with Crippen molar-refractivity contribution in [3.05, 3.63) is 51.0 Å². The van der Waals surface area contributed by atoms with E-state index in [-0.39, 0.29) is 29.7 Å². The number of likely N-dealkylation sites (N-methyl/N-ethyl adjacent to an activating group) is 1. The summed E-state index contributed by atoms with van der Waals surface area (Å²) in [6.07, 6.45) is 0.173. The number of ketones is 2. The maximum absolute atomic E-state index is 14.1. The van der Waals surface area contributed by atoms with Crippen molar-refractivity contribution in [2.24, 2.45) is 22.7 Å². The first-order chi connectivity index (χ1) is 18.0. The fourth-order valence-electron chi connectivity index (χ4n) is 6.40. The lowest BCUT2D eigenvalue weighted by Gasteiger charge is -2.50. The van der Waals surface area contributed by atoms with Gasteiger partial charge in [-0.05, 0) is 56.8 Å². The number of rotatable bonds is 4. The van der Waals surface area contributed by atoms with Gasteiger partial charge >= 0.3 is 0 Å². The molecule has 0 saturated heterocycles. The molecule has 3 aliphatic carbocycles. The Bertz CT molecular complexity index is 1400. The van der Waals surface area contributed by atoms with E-state index in [1.54, 1.807) is 27.1 Å². The zero-order valence-electron chi connectivity index (χ0n) is 23.1. The second-order valence-corrected chi connectivity index (χ2v) is 11.7. The zero-order valence-corrected chi connectivity index (χ0v) is 23.1. The van der Waals surface area contributed by atoms with Crippen LogP contribution in [0.15, 0.2) is 33.9 Å². The number of nitrogens with two attached hydrogens (primary N) is 1. The van der Waals surface area contributed by atoms with Crippen molar-refractivity contribution in [2.45, 2.75) is 57.6 Å². The van der Waals surface area contributed by atoms with Crippen molar-refractivity contribution >= 4 is 23.2 Å². The number of Topliss-reactive ketones (excluding diaryl/α,β-unsaturated/α-hetero) is 2. The number of hydrogen-bond donors (Lipinski definition) is 5. The van der Waals surface area contributed by atoms with E-state index in [2.05, 4.69) is 5.16 Å². The molecular formula is C28H35N3O8. The van der Waals surface area contributed by atoms with Crippen LogP contribution in [0.2, 0.25) is 0 Å². The van der Waals surface area contributed by atoms with E-state index >= 15 is 0 Å². The molecule has 1 amide bonds. The number of oxime groups is 1. The highest BCUT2D eigenvalue weighted by Gasteiger charge is 2.63. The van der Waals surface area contributed by atoms with Gasteiger partial charge in [-0.1, -0.05) is 25.9 Å². The van der Waals surface area contributed by atoms with Gasteiger partial charge in [0.1, 0.15) is 30.0 Å². The summed E-state index contributed by atoms with van der Waals surface area (Å²) in [4.78, 5) is 46.1. The van der Waals surface area contributed by atoms with E-state index < -0.39 is 63.5 Å². The van der Waals surface area contributed by atoms with Gasteiger partial charge in [-0.3, -0.25) is 19.3 Å². The first-order valence-electron chi connectivity index (χ1n) is 12.6. The second kappa shape index (κ2) is 9.20. The summed E-state index contributed by atoms with van der Waals surface area (Å²) in [6, 6.07) is 0.719. The lowest BCUT2D eigenvalue weighted by atomic mass is 9.58. The van der Waals surface area contributed by atoms with E-state index in [1.165, 1.54) is 12.0 Å². The molecule has 11 nitrogen and oxygen atoms in total. The fraction of sp³-hybridized carbons (Fsp3) is 0.500. The molecule has 0 saturated carbocycles. The molecule has 0 bridgehead atoms. The third kappa shape index (κ3) is 3.94. The smallest absolute Gasteiger partial charge is 0.255 e. The number of carbonyl (C=O) groups is 3. The number of phenolic OH excluding ortho intramolecular Hbond substituents is 1. The van der Waals surface area contributed by atoms with Gasteiger partial charge in [0, 0.05) is 22.6 Å². The first kappa shape index (κ1) is 28.3. The highest BCUT2D eigenvalue weighted by atomic mass is 16.6. The van der Waals surface area contributed by atoms with Crippen LogP contribution >= 0.6 is 0 Å². The normalized spacial score (nSPS) is 27.4. The minimum Gasteiger partial charge on any atom is -0.510 e. The highest BCUT2D eigenvalue weighted by molar-refractivity contribution is 6.25. The summed E-state index contributed by atoms with van der Waals surface area (Å²) in [5, 5.41) is 49.5. The lowest BCUT2D eigenvalue weighted by molar-refractivity contribution is -0.148. The predicted octanol–water partition coefficient (Wildman–Crippen LogP) is 1.79. The summed E-state index contributed by atoms with van der Waals surface area (Å²) in [6.45, 7) is 7.32. The molecule has 4 atom stereocenters. The molecule has 0 aliphatic heterocycles. The Morgan fingerprint density at radius 2 is 1.82 bits per heavy atom. The maximum atomic E-state index is 14.1. The molecule has 39 heavy (non-hydrogen) atoms. The largest absolute Gasteiger partial charge is 0.510 e. The van der Waals surface area contributed by atoms with E-state index in [9.17, 15) is 34.8 Å². The summed E-state index contributed by atoms with van der Waals surface area (Å²) in [5.74, 6) is -6.81. The molecule has 1 aromatic carbocycles. The van der Waals surface area contributed by atoms with Crippen LogP contribution in [-0.4, -0.2) is 81.4 Å². The molecule has 11 heteroatoms. The molecule has 1 aromatic rings. The Morgan fingerprint density at radius 3 is 2.33 bits per heavy atom. The summed E-state index contributed by atoms with van der Waals surface area (Å²) >= 11 is 0. The van der Waals surface area contributed by atoms with Gasteiger partial charge in [-0.15, -0.1) is 0 Å². The summed E-state index contributed by atoms with van der Waals surface area (Å²) in [5.41, 5.74) is 3.04. The number of benzene rings is 1. The number of aliphatic hydroxyl groups excluding tert-OH is 2. The van der Waals surface area contributed by atoms with Crippen molar-refractivity contribution < 1.29 is 39.6 Å². The minimum absolute atomic E-state index is 0.00740. The monoisotopic (exact) mass is 541 g/mol. The molecule has 0 heterocycles. The molecular weight excluding hydrogens is 506 g/mol. The lowest BCUT2D eigenvalue weighted by Crippen LogP contribution is -2.63. The van der Waals surface area contributed by atoms with Crippen molar-refractivity contribution in [1.82, 2.24) is 4.90 Å². The second-order valence-electron chi connectivity index (χ2n) is 11.7. The average molecular weight is 542 g/mol. The third-order valence-electron chi connectivity index (χ3n) is 8.15. The molecule has 0 spiro atoms. The SMILES string of the molecule is CO/N=C(/C)c1cc(C(C)(C)C)c(O)c2c1CC1CC3C(N(C)C)C(O)=C(C(N)=O)C(=O)C3(O)C(O)=C1C2=O. The summed E-state index contributed by atoms with van der Waals surface area (Å²) in [7, 11) is 4.57. The molecule has 210 valence electrons. The van der Waals surface area contributed by atoms with Crippen molar-refractivity contribution in [1.29, 1.82) is 0 Å². The number of hydrogen-bond acceptors (Lipinski definition) is 10. The molecule has 3 aliphatic rings. The molecule has 0 fully saturated rings. The third-order valence-corrected chi connectivity index (χ3v) is 8.15. The number of nitrogens with zero attached hydrogens (tertiary/aromatic N) is 2. The van der Waals surface area contributed by atoms with Gasteiger partial charge in [0.15, 0.2) is 11.4 Å². The number of phenols is 1. The van der Waals surface area contributed by atoms with Crippen LogP contribution in [0, 0.1) is 11.8 Å². The quantitative estimate of drug-likeness (QED) is 0.215. The van der Waals surface area contributed by atoms with Gasteiger partial charge in [0.2, 0.25) is 5.78 Å². The van der Waals surface area contributed by atoms with Crippen LogP contribution in [0.5, 0.6) is 5.75 Å². The van der Waals surface area contributed by atoms with E-state index in [1.807, 2.05) is 20.8 Å².